The molecule has 2 heterocycles. The number of rotatable bonds is 8. The Bertz CT molecular complexity index is 711. The molecule has 27 heavy (non-hydrogen) atoms. The van der Waals surface area contributed by atoms with Gasteiger partial charge in [-0.2, -0.15) is 4.98 Å². The highest BCUT2D eigenvalue weighted by Gasteiger charge is 2.38. The van der Waals surface area contributed by atoms with Crippen LogP contribution in [0.4, 0.5) is 11.9 Å². The molecule has 0 saturated carbocycles. The van der Waals surface area contributed by atoms with Crippen LogP contribution in [-0.4, -0.2) is 64.0 Å². The van der Waals surface area contributed by atoms with E-state index in [1.54, 1.807) is 0 Å². The van der Waals surface area contributed by atoms with Crippen molar-refractivity contribution in [2.75, 3.05) is 43.9 Å². The normalized spacial score (nSPS) is 16.8. The molecule has 2 aromatic rings. The second-order valence-corrected chi connectivity index (χ2v) is 7.79. The molecule has 0 amide bonds. The third-order valence-electron chi connectivity index (χ3n) is 5.73. The summed E-state index contributed by atoms with van der Waals surface area (Å²) < 4.78 is 0. The first-order valence-electron chi connectivity index (χ1n) is 9.52. The van der Waals surface area contributed by atoms with Crippen molar-refractivity contribution in [3.63, 3.8) is 0 Å². The SMILES string of the molecule is CN(CCc1ccc(Cl)cc1)C1(CCCO)CCN(c2n[nH]c(N)n2)CC1. The van der Waals surface area contributed by atoms with Crippen molar-refractivity contribution in [2.45, 2.75) is 37.6 Å². The first kappa shape index (κ1) is 19.9. The molecule has 0 radical (unpaired) electrons. The number of aromatic amines is 1. The molecule has 0 bridgehead atoms. The van der Waals surface area contributed by atoms with Gasteiger partial charge >= 0.3 is 0 Å². The smallest absolute Gasteiger partial charge is 0.246 e. The molecule has 1 aromatic heterocycles. The molecule has 1 saturated heterocycles. The highest BCUT2D eigenvalue weighted by Crippen LogP contribution is 2.34. The summed E-state index contributed by atoms with van der Waals surface area (Å²) in [5.41, 5.74) is 7.04. The van der Waals surface area contributed by atoms with Crippen LogP contribution in [0, 0.1) is 0 Å². The standard InChI is InChI=1S/C19H29ClN6O/c1-25(11-7-15-3-5-16(20)6-4-15)19(8-2-14-27)9-12-26(13-10-19)18-22-17(21)23-24-18/h3-6,27H,2,7-14H2,1H3,(H3,21,22,23,24). The molecule has 1 fully saturated rings. The van der Waals surface area contributed by atoms with Crippen LogP contribution in [0.2, 0.25) is 5.02 Å². The quantitative estimate of drug-likeness (QED) is 0.638. The van der Waals surface area contributed by atoms with Crippen molar-refractivity contribution in [1.29, 1.82) is 0 Å². The van der Waals surface area contributed by atoms with Gasteiger partial charge in [0.1, 0.15) is 0 Å². The average Bonchev–Trinajstić information content (AvgIpc) is 3.12. The van der Waals surface area contributed by atoms with Crippen LogP contribution in [-0.2, 0) is 6.42 Å². The van der Waals surface area contributed by atoms with Gasteiger partial charge in [0.25, 0.3) is 0 Å². The van der Waals surface area contributed by atoms with E-state index < -0.39 is 0 Å². The van der Waals surface area contributed by atoms with Gasteiger partial charge in [-0.3, -0.25) is 0 Å². The van der Waals surface area contributed by atoms with Crippen molar-refractivity contribution in [2.24, 2.45) is 0 Å². The van der Waals surface area contributed by atoms with Gasteiger partial charge in [0.15, 0.2) is 0 Å². The molecule has 4 N–H and O–H groups in total. The van der Waals surface area contributed by atoms with Gasteiger partial charge in [-0.1, -0.05) is 23.7 Å². The monoisotopic (exact) mass is 392 g/mol. The van der Waals surface area contributed by atoms with E-state index in [0.29, 0.717) is 11.9 Å². The highest BCUT2D eigenvalue weighted by molar-refractivity contribution is 6.30. The van der Waals surface area contributed by atoms with E-state index in [1.807, 2.05) is 12.1 Å². The summed E-state index contributed by atoms with van der Waals surface area (Å²) in [7, 11) is 2.20. The van der Waals surface area contributed by atoms with Crippen molar-refractivity contribution in [1.82, 2.24) is 20.1 Å². The van der Waals surface area contributed by atoms with E-state index in [1.165, 1.54) is 5.56 Å². The summed E-state index contributed by atoms with van der Waals surface area (Å²) in [6.45, 7) is 2.97. The lowest BCUT2D eigenvalue weighted by atomic mass is 9.81. The largest absolute Gasteiger partial charge is 0.396 e. The van der Waals surface area contributed by atoms with E-state index in [4.69, 9.17) is 17.3 Å². The van der Waals surface area contributed by atoms with E-state index in [9.17, 15) is 5.11 Å². The van der Waals surface area contributed by atoms with Crippen molar-refractivity contribution >= 4 is 23.5 Å². The number of piperidine rings is 1. The zero-order valence-electron chi connectivity index (χ0n) is 15.9. The van der Waals surface area contributed by atoms with Crippen LogP contribution >= 0.6 is 11.6 Å². The van der Waals surface area contributed by atoms with Gasteiger partial charge in [-0.15, -0.1) is 5.10 Å². The van der Waals surface area contributed by atoms with Crippen molar-refractivity contribution < 1.29 is 5.11 Å². The minimum absolute atomic E-state index is 0.0908. The number of nitrogens with two attached hydrogens (primary N) is 1. The molecule has 1 aliphatic heterocycles. The number of hydrogen-bond donors (Lipinski definition) is 3. The number of nitrogens with zero attached hydrogens (tertiary/aromatic N) is 4. The van der Waals surface area contributed by atoms with Gasteiger partial charge in [0.2, 0.25) is 11.9 Å². The highest BCUT2D eigenvalue weighted by atomic mass is 35.5. The molecule has 1 aliphatic rings. The minimum Gasteiger partial charge on any atom is -0.396 e. The Kier molecular flexibility index (Phi) is 6.57. The third kappa shape index (κ3) is 4.91. The van der Waals surface area contributed by atoms with Gasteiger partial charge in [0.05, 0.1) is 0 Å². The number of nitrogen functional groups attached to an aromatic ring is 1. The number of aliphatic hydroxyl groups excluding tert-OH is 1. The maximum Gasteiger partial charge on any atom is 0.246 e. The molecule has 3 rings (SSSR count). The Morgan fingerprint density at radius 2 is 2.00 bits per heavy atom. The number of anilines is 2. The number of halogens is 1. The van der Waals surface area contributed by atoms with Crippen molar-refractivity contribution in [3.8, 4) is 0 Å². The van der Waals surface area contributed by atoms with Gasteiger partial charge in [0, 0.05) is 36.8 Å². The number of benzene rings is 1. The average molecular weight is 393 g/mol. The maximum absolute atomic E-state index is 9.38. The number of aromatic nitrogens is 3. The summed E-state index contributed by atoms with van der Waals surface area (Å²) in [5.74, 6) is 1.02. The number of H-pyrrole nitrogens is 1. The van der Waals surface area contributed by atoms with Crippen LogP contribution in [0.5, 0.6) is 0 Å². The second-order valence-electron chi connectivity index (χ2n) is 7.36. The molecule has 0 atom stereocenters. The molecule has 148 valence electrons. The van der Waals surface area contributed by atoms with Gasteiger partial charge in [-0.25, -0.2) is 5.10 Å². The second kappa shape index (κ2) is 8.91. The lowest BCUT2D eigenvalue weighted by Crippen LogP contribution is -2.55. The van der Waals surface area contributed by atoms with Gasteiger partial charge in [-0.05, 0) is 56.8 Å². The van der Waals surface area contributed by atoms with Crippen LogP contribution in [0.25, 0.3) is 0 Å². The van der Waals surface area contributed by atoms with E-state index in [0.717, 1.165) is 56.8 Å². The van der Waals surface area contributed by atoms with Crippen LogP contribution in [0.1, 0.15) is 31.2 Å². The van der Waals surface area contributed by atoms with Gasteiger partial charge < -0.3 is 20.6 Å². The van der Waals surface area contributed by atoms with E-state index >= 15 is 0 Å². The minimum atomic E-state index is 0.0908. The Labute approximate surface area is 165 Å². The zero-order chi connectivity index (χ0) is 19.3. The number of nitrogens with one attached hydrogen (secondary N) is 1. The van der Waals surface area contributed by atoms with Crippen LogP contribution in [0.15, 0.2) is 24.3 Å². The van der Waals surface area contributed by atoms with Crippen LogP contribution in [0.3, 0.4) is 0 Å². The summed E-state index contributed by atoms with van der Waals surface area (Å²) in [6.07, 6.45) is 4.82. The Morgan fingerprint density at radius 3 is 2.59 bits per heavy atom. The zero-order valence-corrected chi connectivity index (χ0v) is 16.6. The summed E-state index contributed by atoms with van der Waals surface area (Å²) >= 11 is 5.98. The molecule has 7 nitrogen and oxygen atoms in total. The molecule has 0 unspecified atom stereocenters. The predicted octanol–water partition coefficient (Wildman–Crippen LogP) is 2.33. The molecule has 0 spiro atoms. The third-order valence-corrected chi connectivity index (χ3v) is 5.98. The first-order chi connectivity index (χ1) is 13.0. The topological polar surface area (TPSA) is 94.3 Å². The predicted molar refractivity (Wildman–Crippen MR) is 109 cm³/mol. The fourth-order valence-corrected chi connectivity index (χ4v) is 4.07. The Morgan fingerprint density at radius 1 is 1.30 bits per heavy atom. The lowest BCUT2D eigenvalue weighted by Gasteiger charge is -2.47. The molecular formula is C19H29ClN6O. The lowest BCUT2D eigenvalue weighted by molar-refractivity contribution is 0.0721. The molecule has 1 aromatic carbocycles. The fourth-order valence-electron chi connectivity index (χ4n) is 3.95. The molecule has 8 heteroatoms. The summed E-state index contributed by atoms with van der Waals surface area (Å²) in [5, 5.41) is 17.0. The molecular weight excluding hydrogens is 364 g/mol. The summed E-state index contributed by atoms with van der Waals surface area (Å²) in [6, 6.07) is 8.07. The van der Waals surface area contributed by atoms with E-state index in [2.05, 4.69) is 44.2 Å². The fraction of sp³-hybridized carbons (Fsp3) is 0.579. The Hall–Kier alpha value is -1.83. The number of hydrogen-bond acceptors (Lipinski definition) is 6. The maximum atomic E-state index is 9.38. The Balaban J connectivity index is 1.62. The first-order valence-corrected chi connectivity index (χ1v) is 9.89. The number of aliphatic hydroxyl groups is 1. The molecule has 0 aliphatic carbocycles. The summed E-state index contributed by atoms with van der Waals surface area (Å²) in [4.78, 5) is 8.90. The van der Waals surface area contributed by atoms with E-state index in [-0.39, 0.29) is 12.1 Å². The number of likely N-dealkylation sites (N-methyl/N-ethyl adjacent to an activating group) is 1. The van der Waals surface area contributed by atoms with Crippen molar-refractivity contribution in [3.05, 3.63) is 34.9 Å². The van der Waals surface area contributed by atoms with Crippen LogP contribution < -0.4 is 10.6 Å².